The smallest absolute Gasteiger partial charge is 0.317 e. The Morgan fingerprint density at radius 1 is 1.27 bits per heavy atom. The second-order valence-electron chi connectivity index (χ2n) is 5.58. The molecule has 1 heterocycles. The van der Waals surface area contributed by atoms with Crippen LogP contribution in [0.3, 0.4) is 0 Å². The number of amides is 2. The second kappa shape index (κ2) is 8.60. The third-order valence-electron chi connectivity index (χ3n) is 3.71. The van der Waals surface area contributed by atoms with E-state index in [2.05, 4.69) is 26.9 Å². The normalized spacial score (nSPS) is 15.4. The summed E-state index contributed by atoms with van der Waals surface area (Å²) in [6.45, 7) is 9.87. The van der Waals surface area contributed by atoms with E-state index in [-0.39, 0.29) is 12.8 Å². The van der Waals surface area contributed by atoms with Crippen molar-refractivity contribution in [3.63, 3.8) is 0 Å². The highest BCUT2D eigenvalue weighted by Gasteiger charge is 2.09. The van der Waals surface area contributed by atoms with Gasteiger partial charge in [0.25, 0.3) is 0 Å². The quantitative estimate of drug-likeness (QED) is 0.682. The Balaban J connectivity index is 1.59. The Morgan fingerprint density at radius 3 is 2.77 bits per heavy atom. The van der Waals surface area contributed by atoms with Crippen LogP contribution in [0, 0.1) is 13.8 Å². The lowest BCUT2D eigenvalue weighted by Gasteiger charge is -2.27. The lowest BCUT2D eigenvalue weighted by molar-refractivity contribution is 0.216. The third-order valence-corrected chi connectivity index (χ3v) is 3.71. The first-order chi connectivity index (χ1) is 10.6. The highest BCUT2D eigenvalue weighted by Crippen LogP contribution is 2.18. The van der Waals surface area contributed by atoms with Crippen molar-refractivity contribution in [3.8, 4) is 5.75 Å². The molecule has 0 spiro atoms. The predicted octanol–water partition coefficient (Wildman–Crippen LogP) is 0.844. The molecule has 1 aromatic carbocycles. The first kappa shape index (κ1) is 16.6. The second-order valence-corrected chi connectivity index (χ2v) is 5.58. The molecule has 1 aliphatic heterocycles. The Bertz CT molecular complexity index is 487. The molecule has 6 nitrogen and oxygen atoms in total. The van der Waals surface area contributed by atoms with Crippen LogP contribution in [0.15, 0.2) is 18.2 Å². The number of benzene rings is 1. The van der Waals surface area contributed by atoms with E-state index in [4.69, 9.17) is 4.74 Å². The maximum atomic E-state index is 11.7. The van der Waals surface area contributed by atoms with Crippen LogP contribution in [0.25, 0.3) is 0 Å². The number of nitrogens with one attached hydrogen (secondary N) is 3. The largest absolute Gasteiger partial charge is 0.473 e. The van der Waals surface area contributed by atoms with Crippen molar-refractivity contribution in [3.05, 3.63) is 29.3 Å². The summed E-state index contributed by atoms with van der Waals surface area (Å²) in [6, 6.07) is 5.79. The molecular formula is C16H26N4O2. The van der Waals surface area contributed by atoms with Gasteiger partial charge in [-0.1, -0.05) is 17.7 Å². The van der Waals surface area contributed by atoms with Crippen LogP contribution in [-0.4, -0.2) is 56.9 Å². The van der Waals surface area contributed by atoms with Crippen molar-refractivity contribution in [2.75, 3.05) is 46.0 Å². The van der Waals surface area contributed by atoms with Crippen LogP contribution in [-0.2, 0) is 0 Å². The van der Waals surface area contributed by atoms with E-state index < -0.39 is 0 Å². The molecule has 22 heavy (non-hydrogen) atoms. The molecule has 1 saturated heterocycles. The van der Waals surface area contributed by atoms with Crippen molar-refractivity contribution in [2.24, 2.45) is 0 Å². The average Bonchev–Trinajstić information content (AvgIpc) is 2.50. The molecule has 0 radical (unpaired) electrons. The van der Waals surface area contributed by atoms with Gasteiger partial charge >= 0.3 is 6.03 Å². The van der Waals surface area contributed by atoms with Gasteiger partial charge in [-0.05, 0) is 25.5 Å². The number of aryl methyl sites for hydroxylation is 2. The molecule has 0 atom stereocenters. The summed E-state index contributed by atoms with van der Waals surface area (Å²) in [7, 11) is 0. The molecular weight excluding hydrogens is 280 g/mol. The maximum absolute atomic E-state index is 11.7. The van der Waals surface area contributed by atoms with Crippen LogP contribution in [0.2, 0.25) is 0 Å². The SMILES string of the molecule is Cc1ccc(OCNC(=O)NCCN2CCNCC2)c(C)c1. The van der Waals surface area contributed by atoms with Crippen molar-refractivity contribution >= 4 is 6.03 Å². The summed E-state index contributed by atoms with van der Waals surface area (Å²) in [4.78, 5) is 14.0. The number of ether oxygens (including phenoxy) is 1. The van der Waals surface area contributed by atoms with E-state index in [1.165, 1.54) is 5.56 Å². The van der Waals surface area contributed by atoms with Gasteiger partial charge in [0.05, 0.1) is 0 Å². The number of carbonyl (C=O) groups is 1. The number of hydrogen-bond acceptors (Lipinski definition) is 4. The van der Waals surface area contributed by atoms with Gasteiger partial charge in [-0.15, -0.1) is 0 Å². The predicted molar refractivity (Wildman–Crippen MR) is 87.3 cm³/mol. The number of piperazine rings is 1. The minimum atomic E-state index is -0.195. The maximum Gasteiger partial charge on any atom is 0.317 e. The van der Waals surface area contributed by atoms with E-state index in [1.807, 2.05) is 26.0 Å². The molecule has 1 fully saturated rings. The Kier molecular flexibility index (Phi) is 6.48. The highest BCUT2D eigenvalue weighted by atomic mass is 16.5. The van der Waals surface area contributed by atoms with E-state index >= 15 is 0 Å². The lowest BCUT2D eigenvalue weighted by atomic mass is 10.1. The third kappa shape index (κ3) is 5.54. The van der Waals surface area contributed by atoms with Crippen LogP contribution >= 0.6 is 0 Å². The molecule has 1 aromatic rings. The van der Waals surface area contributed by atoms with Crippen LogP contribution in [0.1, 0.15) is 11.1 Å². The number of hydrogen-bond donors (Lipinski definition) is 3. The van der Waals surface area contributed by atoms with Crippen LogP contribution in [0.4, 0.5) is 4.79 Å². The molecule has 0 saturated carbocycles. The van der Waals surface area contributed by atoms with E-state index in [1.54, 1.807) is 0 Å². The van der Waals surface area contributed by atoms with Gasteiger partial charge in [-0.25, -0.2) is 4.79 Å². The van der Waals surface area contributed by atoms with Gasteiger partial charge in [0.15, 0.2) is 6.73 Å². The summed E-state index contributed by atoms with van der Waals surface area (Å²) in [5.74, 6) is 0.798. The monoisotopic (exact) mass is 306 g/mol. The zero-order chi connectivity index (χ0) is 15.8. The minimum absolute atomic E-state index is 0.170. The molecule has 3 N–H and O–H groups in total. The van der Waals surface area contributed by atoms with Gasteiger partial charge in [-0.3, -0.25) is 4.90 Å². The Morgan fingerprint density at radius 2 is 2.05 bits per heavy atom. The molecule has 0 aromatic heterocycles. The Hall–Kier alpha value is -1.79. The topological polar surface area (TPSA) is 65.6 Å². The first-order valence-electron chi connectivity index (χ1n) is 7.80. The van der Waals surface area contributed by atoms with E-state index in [0.29, 0.717) is 6.54 Å². The summed E-state index contributed by atoms with van der Waals surface area (Å²) >= 11 is 0. The zero-order valence-electron chi connectivity index (χ0n) is 13.4. The fourth-order valence-corrected chi connectivity index (χ4v) is 2.47. The Labute approximate surface area is 132 Å². The summed E-state index contributed by atoms with van der Waals surface area (Å²) < 4.78 is 5.57. The number of rotatable bonds is 6. The average molecular weight is 306 g/mol. The standard InChI is InChI=1S/C16H26N4O2/c1-13-3-4-15(14(2)11-13)22-12-19-16(21)18-7-10-20-8-5-17-6-9-20/h3-4,11,17H,5-10,12H2,1-2H3,(H2,18,19,21). The van der Waals surface area contributed by atoms with Gasteiger partial charge in [-0.2, -0.15) is 0 Å². The summed E-state index contributed by atoms with van der Waals surface area (Å²) in [5, 5.41) is 8.86. The van der Waals surface area contributed by atoms with Gasteiger partial charge in [0, 0.05) is 39.3 Å². The molecule has 1 aliphatic rings. The number of nitrogens with zero attached hydrogens (tertiary/aromatic N) is 1. The molecule has 6 heteroatoms. The molecule has 0 unspecified atom stereocenters. The van der Waals surface area contributed by atoms with E-state index in [0.717, 1.165) is 44.0 Å². The minimum Gasteiger partial charge on any atom is -0.473 e. The fraction of sp³-hybridized carbons (Fsp3) is 0.562. The molecule has 2 rings (SSSR count). The summed E-state index contributed by atoms with van der Waals surface area (Å²) in [6.07, 6.45) is 0. The number of carbonyl (C=O) groups excluding carboxylic acids is 1. The van der Waals surface area contributed by atoms with Gasteiger partial charge in [0.1, 0.15) is 5.75 Å². The fourth-order valence-electron chi connectivity index (χ4n) is 2.47. The zero-order valence-corrected chi connectivity index (χ0v) is 13.4. The molecule has 0 aliphatic carbocycles. The highest BCUT2D eigenvalue weighted by molar-refractivity contribution is 5.73. The molecule has 122 valence electrons. The van der Waals surface area contributed by atoms with Gasteiger partial charge < -0.3 is 20.7 Å². The lowest BCUT2D eigenvalue weighted by Crippen LogP contribution is -2.47. The number of urea groups is 1. The van der Waals surface area contributed by atoms with Crippen molar-refractivity contribution in [1.82, 2.24) is 20.9 Å². The van der Waals surface area contributed by atoms with Crippen molar-refractivity contribution < 1.29 is 9.53 Å². The molecule has 2 amide bonds. The molecule has 0 bridgehead atoms. The van der Waals surface area contributed by atoms with Crippen LogP contribution in [0.5, 0.6) is 5.75 Å². The van der Waals surface area contributed by atoms with Gasteiger partial charge in [0.2, 0.25) is 0 Å². The van der Waals surface area contributed by atoms with Crippen molar-refractivity contribution in [1.29, 1.82) is 0 Å². The summed E-state index contributed by atoms with van der Waals surface area (Å²) in [5.41, 5.74) is 2.27. The van der Waals surface area contributed by atoms with Crippen molar-refractivity contribution in [2.45, 2.75) is 13.8 Å². The first-order valence-corrected chi connectivity index (χ1v) is 7.80. The van der Waals surface area contributed by atoms with Crippen LogP contribution < -0.4 is 20.7 Å². The van der Waals surface area contributed by atoms with E-state index in [9.17, 15) is 4.79 Å².